The molecule has 0 heterocycles. The predicted molar refractivity (Wildman–Crippen MR) is 120 cm³/mol. The molecule has 0 aliphatic carbocycles. The number of benzene rings is 2. The van der Waals surface area contributed by atoms with Crippen LogP contribution in [-0.2, 0) is 19.7 Å². The number of aliphatic hydroxyl groups excluding tert-OH is 1. The van der Waals surface area contributed by atoms with Crippen LogP contribution in [0.5, 0.6) is 0 Å². The molecule has 2 aromatic carbocycles. The Morgan fingerprint density at radius 2 is 1.23 bits per heavy atom. The number of unbranched alkanes of at least 4 members (excludes halogenated alkanes) is 1. The first-order valence-corrected chi connectivity index (χ1v) is 13.6. The molecule has 166 valence electrons. The van der Waals surface area contributed by atoms with Crippen LogP contribution in [0.1, 0.15) is 46.0 Å². The van der Waals surface area contributed by atoms with Crippen molar-refractivity contribution in [1.29, 1.82) is 0 Å². The summed E-state index contributed by atoms with van der Waals surface area (Å²) in [5.41, 5.74) is 0. The van der Waals surface area contributed by atoms with Crippen LogP contribution in [0.25, 0.3) is 0 Å². The van der Waals surface area contributed by atoms with Crippen molar-refractivity contribution in [1.82, 2.24) is 0 Å². The van der Waals surface area contributed by atoms with E-state index in [2.05, 4.69) is 6.92 Å². The Hall–Kier alpha value is -1.70. The van der Waals surface area contributed by atoms with E-state index in [1.165, 1.54) is 24.3 Å². The van der Waals surface area contributed by atoms with Gasteiger partial charge in [-0.05, 0) is 42.5 Å². The van der Waals surface area contributed by atoms with Gasteiger partial charge in [0.15, 0.2) is 24.3 Å². The summed E-state index contributed by atoms with van der Waals surface area (Å²) in [5, 5.41) is 10.1. The summed E-state index contributed by atoms with van der Waals surface area (Å²) in [6.45, 7) is 3.83. The highest BCUT2D eigenvalue weighted by Gasteiger charge is 2.42. The van der Waals surface area contributed by atoms with Crippen LogP contribution in [0.2, 0.25) is 0 Å². The second kappa shape index (κ2) is 11.1. The second-order valence-corrected chi connectivity index (χ2v) is 12.2. The second-order valence-electron chi connectivity index (χ2n) is 7.63. The van der Waals surface area contributed by atoms with Gasteiger partial charge in [0, 0.05) is 6.61 Å². The Bertz CT molecular complexity index is 901. The van der Waals surface area contributed by atoms with Crippen LogP contribution in [0.15, 0.2) is 70.5 Å². The van der Waals surface area contributed by atoms with Gasteiger partial charge in [0.05, 0.1) is 9.79 Å². The summed E-state index contributed by atoms with van der Waals surface area (Å²) in [7, 11) is -8.35. The van der Waals surface area contributed by atoms with Gasteiger partial charge in [-0.25, -0.2) is 16.8 Å². The van der Waals surface area contributed by atoms with Gasteiger partial charge in [-0.15, -0.1) is 0 Å². The highest BCUT2D eigenvalue weighted by molar-refractivity contribution is 8.09. The summed E-state index contributed by atoms with van der Waals surface area (Å²) >= 11 is 0. The van der Waals surface area contributed by atoms with Gasteiger partial charge < -0.3 is 5.11 Å². The SMILES string of the molecule is CCCC[C@@H](CC)[C@H](CO)CC(S(=O)(=O)c1ccccc1)S(=O)(=O)c1ccccc1. The molecule has 5 nitrogen and oxygen atoms in total. The average Bonchev–Trinajstić information content (AvgIpc) is 2.77. The van der Waals surface area contributed by atoms with Gasteiger partial charge in [-0.3, -0.25) is 0 Å². The van der Waals surface area contributed by atoms with Gasteiger partial charge in [0.25, 0.3) is 0 Å². The molecule has 2 aromatic rings. The number of sulfone groups is 2. The molecule has 0 bridgehead atoms. The molecule has 7 heteroatoms. The fraction of sp³-hybridized carbons (Fsp3) is 0.478. The zero-order chi connectivity index (χ0) is 22.2. The van der Waals surface area contributed by atoms with Crippen LogP contribution in [-0.4, -0.2) is 33.1 Å². The molecule has 0 aromatic heterocycles. The molecule has 0 amide bonds. The average molecular weight is 453 g/mol. The topological polar surface area (TPSA) is 88.5 Å². The molecule has 0 aliphatic rings. The van der Waals surface area contributed by atoms with Crippen molar-refractivity contribution < 1.29 is 21.9 Å². The number of hydrogen-bond acceptors (Lipinski definition) is 5. The zero-order valence-corrected chi connectivity index (χ0v) is 19.3. The van der Waals surface area contributed by atoms with E-state index in [9.17, 15) is 21.9 Å². The first-order valence-electron chi connectivity index (χ1n) is 10.5. The summed E-state index contributed by atoms with van der Waals surface area (Å²) < 4.78 is 52.2. The Morgan fingerprint density at radius 3 is 1.60 bits per heavy atom. The molecule has 0 spiro atoms. The molecule has 0 radical (unpaired) electrons. The lowest BCUT2D eigenvalue weighted by Crippen LogP contribution is -2.35. The minimum atomic E-state index is -4.17. The van der Waals surface area contributed by atoms with Crippen LogP contribution in [0.4, 0.5) is 0 Å². The summed E-state index contributed by atoms with van der Waals surface area (Å²) in [6.07, 6.45) is 3.41. The fourth-order valence-electron chi connectivity index (χ4n) is 3.85. The molecule has 0 fully saturated rings. The summed E-state index contributed by atoms with van der Waals surface area (Å²) in [4.78, 5) is -0.0411. The van der Waals surface area contributed by atoms with E-state index < -0.39 is 30.2 Å². The van der Waals surface area contributed by atoms with E-state index in [-0.39, 0.29) is 28.7 Å². The van der Waals surface area contributed by atoms with Gasteiger partial charge in [0.2, 0.25) is 0 Å². The van der Waals surface area contributed by atoms with Crippen molar-refractivity contribution >= 4 is 19.7 Å². The standard InChI is InChI=1S/C23H32O5S2/c1-3-5-12-19(4-2)20(18-24)17-23(29(25,26)21-13-8-6-9-14-21)30(27,28)22-15-10-7-11-16-22/h6-11,13-16,19-20,23-24H,3-5,12,17-18H2,1-2H3/t19-,20+/m1/s1. The van der Waals surface area contributed by atoms with Crippen LogP contribution in [0, 0.1) is 11.8 Å². The van der Waals surface area contributed by atoms with Crippen molar-refractivity contribution in [3.05, 3.63) is 60.7 Å². The molecular weight excluding hydrogens is 420 g/mol. The third-order valence-corrected chi connectivity index (χ3v) is 10.8. The zero-order valence-electron chi connectivity index (χ0n) is 17.6. The molecule has 0 aliphatic heterocycles. The monoisotopic (exact) mass is 452 g/mol. The van der Waals surface area contributed by atoms with Gasteiger partial charge in [-0.1, -0.05) is 75.9 Å². The smallest absolute Gasteiger partial charge is 0.195 e. The summed E-state index contributed by atoms with van der Waals surface area (Å²) in [5.74, 6) is -0.349. The lowest BCUT2D eigenvalue weighted by atomic mass is 9.84. The number of rotatable bonds is 12. The number of hydrogen-bond donors (Lipinski definition) is 1. The van der Waals surface area contributed by atoms with Gasteiger partial charge in [-0.2, -0.15) is 0 Å². The van der Waals surface area contributed by atoms with E-state index in [0.29, 0.717) is 0 Å². The maximum absolute atomic E-state index is 13.5. The molecule has 30 heavy (non-hydrogen) atoms. The van der Waals surface area contributed by atoms with Crippen molar-refractivity contribution in [2.45, 2.75) is 60.3 Å². The molecule has 2 atom stereocenters. The lowest BCUT2D eigenvalue weighted by molar-refractivity contribution is 0.158. The van der Waals surface area contributed by atoms with Crippen molar-refractivity contribution in [2.24, 2.45) is 11.8 Å². The first-order chi connectivity index (χ1) is 14.3. The molecule has 1 N–H and O–H groups in total. The van der Waals surface area contributed by atoms with Crippen molar-refractivity contribution in [3.8, 4) is 0 Å². The van der Waals surface area contributed by atoms with Crippen molar-refractivity contribution in [2.75, 3.05) is 6.61 Å². The minimum absolute atomic E-state index is 0.0206. The van der Waals surface area contributed by atoms with E-state index in [1.54, 1.807) is 36.4 Å². The van der Waals surface area contributed by atoms with E-state index >= 15 is 0 Å². The third-order valence-electron chi connectivity index (χ3n) is 5.68. The largest absolute Gasteiger partial charge is 0.396 e. The normalized spacial score (nSPS) is 14.5. The Balaban J connectivity index is 2.54. The van der Waals surface area contributed by atoms with Gasteiger partial charge >= 0.3 is 0 Å². The molecule has 0 saturated carbocycles. The molecular formula is C23H32O5S2. The molecule has 0 unspecified atom stereocenters. The van der Waals surface area contributed by atoms with E-state index in [1.807, 2.05) is 6.92 Å². The maximum atomic E-state index is 13.5. The lowest BCUT2D eigenvalue weighted by Gasteiger charge is -2.28. The quantitative estimate of drug-likeness (QED) is 0.513. The predicted octanol–water partition coefficient (Wildman–Crippen LogP) is 4.48. The highest BCUT2D eigenvalue weighted by Crippen LogP contribution is 2.34. The summed E-state index contributed by atoms with van der Waals surface area (Å²) in [6, 6.07) is 15.4. The Kier molecular flexibility index (Phi) is 9.07. The van der Waals surface area contributed by atoms with E-state index in [0.717, 1.165) is 25.7 Å². The fourth-order valence-corrected chi connectivity index (χ4v) is 8.53. The number of aliphatic hydroxyl groups is 1. The van der Waals surface area contributed by atoms with Crippen LogP contribution < -0.4 is 0 Å². The van der Waals surface area contributed by atoms with Gasteiger partial charge in [0.1, 0.15) is 0 Å². The highest BCUT2D eigenvalue weighted by atomic mass is 32.3. The van der Waals surface area contributed by atoms with Crippen LogP contribution in [0.3, 0.4) is 0 Å². The minimum Gasteiger partial charge on any atom is -0.396 e. The Labute approximate surface area is 181 Å². The molecule has 0 saturated heterocycles. The third kappa shape index (κ3) is 5.71. The van der Waals surface area contributed by atoms with Crippen LogP contribution >= 0.6 is 0 Å². The maximum Gasteiger partial charge on any atom is 0.195 e. The Morgan fingerprint density at radius 1 is 0.767 bits per heavy atom. The first kappa shape index (κ1) is 24.6. The van der Waals surface area contributed by atoms with Crippen molar-refractivity contribution in [3.63, 3.8) is 0 Å². The van der Waals surface area contributed by atoms with E-state index in [4.69, 9.17) is 0 Å². The molecule has 2 rings (SSSR count).